The molecule has 1 aliphatic heterocycles. The minimum absolute atomic E-state index is 0.0445. The number of carbonyl (C=O) groups is 2. The number of hydrogen-bond acceptors (Lipinski definition) is 3. The minimum Gasteiger partial charge on any atom is -0.391 e. The highest BCUT2D eigenvalue weighted by Gasteiger charge is 2.27. The van der Waals surface area contributed by atoms with Gasteiger partial charge in [-0.25, -0.2) is 0 Å². The van der Waals surface area contributed by atoms with Crippen molar-refractivity contribution < 1.29 is 14.7 Å². The number of β-amino-alcohol motifs (C(OH)–C–C–N with tert-alkyl or cyclic N) is 1. The Balaban J connectivity index is 2.22. The summed E-state index contributed by atoms with van der Waals surface area (Å²) in [6, 6.07) is 0. The number of likely N-dealkylation sites (tertiary alicyclic amines) is 1. The van der Waals surface area contributed by atoms with Gasteiger partial charge in [0.15, 0.2) is 0 Å². The van der Waals surface area contributed by atoms with Crippen molar-refractivity contribution in [1.82, 2.24) is 4.90 Å². The van der Waals surface area contributed by atoms with Gasteiger partial charge >= 0.3 is 0 Å². The molecule has 0 aromatic rings. The van der Waals surface area contributed by atoms with Crippen LogP contribution >= 0.6 is 0 Å². The molecule has 0 bridgehead atoms. The van der Waals surface area contributed by atoms with Crippen LogP contribution in [0.2, 0.25) is 0 Å². The number of carbonyl (C=O) groups excluding carboxylic acids is 2. The largest absolute Gasteiger partial charge is 0.391 e. The maximum atomic E-state index is 11.1. The monoisotopic (exact) mass is 186 g/mol. The Kier molecular flexibility index (Phi) is 3.25. The molecule has 1 aliphatic rings. The van der Waals surface area contributed by atoms with E-state index in [1.54, 1.807) is 4.90 Å². The van der Waals surface area contributed by atoms with E-state index in [1.165, 1.54) is 0 Å². The fraction of sp³-hybridized carbons (Fsp3) is 0.750. The fourth-order valence-electron chi connectivity index (χ4n) is 1.41. The summed E-state index contributed by atoms with van der Waals surface area (Å²) in [5.74, 6) is -0.399. The molecule has 1 rings (SSSR count). The van der Waals surface area contributed by atoms with Crippen molar-refractivity contribution in [2.24, 2.45) is 5.73 Å². The quantitative estimate of drug-likeness (QED) is 0.581. The third-order valence-corrected chi connectivity index (χ3v) is 2.05. The third-order valence-electron chi connectivity index (χ3n) is 2.05. The molecule has 1 heterocycles. The molecule has 13 heavy (non-hydrogen) atoms. The molecule has 0 saturated carbocycles. The van der Waals surface area contributed by atoms with Gasteiger partial charge in [-0.15, -0.1) is 0 Å². The van der Waals surface area contributed by atoms with Crippen molar-refractivity contribution in [2.75, 3.05) is 13.1 Å². The van der Waals surface area contributed by atoms with Crippen molar-refractivity contribution in [3.63, 3.8) is 0 Å². The molecule has 2 amide bonds. The van der Waals surface area contributed by atoms with E-state index >= 15 is 0 Å². The van der Waals surface area contributed by atoms with E-state index in [-0.39, 0.29) is 18.2 Å². The van der Waals surface area contributed by atoms with E-state index in [4.69, 9.17) is 10.8 Å². The smallest absolute Gasteiger partial charge is 0.225 e. The number of aliphatic hydroxyl groups is 1. The van der Waals surface area contributed by atoms with E-state index in [1.807, 2.05) is 0 Å². The zero-order chi connectivity index (χ0) is 9.84. The summed E-state index contributed by atoms with van der Waals surface area (Å²) in [4.78, 5) is 23.1. The minimum atomic E-state index is -0.541. The van der Waals surface area contributed by atoms with Crippen molar-refractivity contribution in [1.29, 1.82) is 0 Å². The summed E-state index contributed by atoms with van der Waals surface area (Å²) in [6.07, 6.45) is 0.533. The first-order chi connectivity index (χ1) is 6.09. The molecule has 0 aromatic carbocycles. The molecule has 0 aliphatic carbocycles. The van der Waals surface area contributed by atoms with Crippen LogP contribution in [0, 0.1) is 0 Å². The Bertz CT molecular complexity index is 217. The molecule has 1 saturated heterocycles. The Hall–Kier alpha value is -1.10. The standard InChI is InChI=1S/C8H14N2O3/c9-7(12)2-1-3-10-5-6(11)4-8(10)13/h6,11H,1-5H2,(H2,9,12). The van der Waals surface area contributed by atoms with Gasteiger partial charge < -0.3 is 15.7 Å². The fourth-order valence-corrected chi connectivity index (χ4v) is 1.41. The highest BCUT2D eigenvalue weighted by molar-refractivity contribution is 5.79. The van der Waals surface area contributed by atoms with Gasteiger partial charge in [-0.1, -0.05) is 0 Å². The second-order valence-electron chi connectivity index (χ2n) is 3.27. The lowest BCUT2D eigenvalue weighted by Gasteiger charge is -2.14. The van der Waals surface area contributed by atoms with Crippen LogP contribution in [0.15, 0.2) is 0 Å². The Morgan fingerprint density at radius 2 is 2.38 bits per heavy atom. The number of primary amides is 1. The van der Waals surface area contributed by atoms with Gasteiger partial charge in [0.1, 0.15) is 0 Å². The van der Waals surface area contributed by atoms with E-state index < -0.39 is 6.10 Å². The zero-order valence-electron chi connectivity index (χ0n) is 7.40. The molecule has 1 fully saturated rings. The number of nitrogens with zero attached hydrogens (tertiary/aromatic N) is 1. The van der Waals surface area contributed by atoms with Gasteiger partial charge in [-0.2, -0.15) is 0 Å². The third kappa shape index (κ3) is 3.02. The number of rotatable bonds is 4. The summed E-state index contributed by atoms with van der Waals surface area (Å²) in [7, 11) is 0. The van der Waals surface area contributed by atoms with E-state index in [0.29, 0.717) is 25.9 Å². The topological polar surface area (TPSA) is 83.6 Å². The van der Waals surface area contributed by atoms with E-state index in [9.17, 15) is 9.59 Å². The highest BCUT2D eigenvalue weighted by Crippen LogP contribution is 2.11. The predicted molar refractivity (Wildman–Crippen MR) is 45.6 cm³/mol. The average Bonchev–Trinajstić information content (AvgIpc) is 2.29. The van der Waals surface area contributed by atoms with Gasteiger partial charge in [0.2, 0.25) is 11.8 Å². The van der Waals surface area contributed by atoms with E-state index in [0.717, 1.165) is 0 Å². The van der Waals surface area contributed by atoms with Crippen molar-refractivity contribution >= 4 is 11.8 Å². The molecule has 1 unspecified atom stereocenters. The zero-order valence-corrected chi connectivity index (χ0v) is 7.40. The number of amides is 2. The van der Waals surface area contributed by atoms with Crippen LogP contribution in [0.1, 0.15) is 19.3 Å². The second kappa shape index (κ2) is 4.23. The van der Waals surface area contributed by atoms with Crippen molar-refractivity contribution in [3.8, 4) is 0 Å². The van der Waals surface area contributed by atoms with Gasteiger partial charge in [0.25, 0.3) is 0 Å². The first-order valence-electron chi connectivity index (χ1n) is 4.33. The lowest BCUT2D eigenvalue weighted by atomic mass is 10.3. The van der Waals surface area contributed by atoms with Crippen LogP contribution in [0.25, 0.3) is 0 Å². The second-order valence-corrected chi connectivity index (χ2v) is 3.27. The Morgan fingerprint density at radius 3 is 2.85 bits per heavy atom. The SMILES string of the molecule is NC(=O)CCCN1CC(O)CC1=O. The van der Waals surface area contributed by atoms with Gasteiger partial charge in [-0.05, 0) is 6.42 Å². The Labute approximate surface area is 76.5 Å². The lowest BCUT2D eigenvalue weighted by Crippen LogP contribution is -2.27. The molecule has 1 atom stereocenters. The molecule has 0 radical (unpaired) electrons. The maximum absolute atomic E-state index is 11.1. The van der Waals surface area contributed by atoms with Crippen LogP contribution in [-0.2, 0) is 9.59 Å². The van der Waals surface area contributed by atoms with Crippen LogP contribution < -0.4 is 5.73 Å². The first-order valence-corrected chi connectivity index (χ1v) is 4.33. The summed E-state index contributed by atoms with van der Waals surface area (Å²) < 4.78 is 0. The normalized spacial score (nSPS) is 22.4. The van der Waals surface area contributed by atoms with Crippen LogP contribution in [-0.4, -0.2) is 41.0 Å². The van der Waals surface area contributed by atoms with Crippen molar-refractivity contribution in [2.45, 2.75) is 25.4 Å². The molecule has 3 N–H and O–H groups in total. The average molecular weight is 186 g/mol. The Morgan fingerprint density at radius 1 is 1.69 bits per heavy atom. The molecule has 5 nitrogen and oxygen atoms in total. The maximum Gasteiger partial charge on any atom is 0.225 e. The lowest BCUT2D eigenvalue weighted by molar-refractivity contribution is -0.128. The van der Waals surface area contributed by atoms with Gasteiger partial charge in [-0.3, -0.25) is 9.59 Å². The van der Waals surface area contributed by atoms with Crippen LogP contribution in [0.4, 0.5) is 0 Å². The van der Waals surface area contributed by atoms with Crippen LogP contribution in [0.3, 0.4) is 0 Å². The van der Waals surface area contributed by atoms with Gasteiger partial charge in [0.05, 0.1) is 12.5 Å². The summed E-state index contributed by atoms with van der Waals surface area (Å²) in [5.41, 5.74) is 4.95. The number of aliphatic hydroxyl groups excluding tert-OH is 1. The summed E-state index contributed by atoms with van der Waals surface area (Å²) in [6.45, 7) is 0.899. The molecule has 74 valence electrons. The highest BCUT2D eigenvalue weighted by atomic mass is 16.3. The molecule has 0 spiro atoms. The first kappa shape index (κ1) is 9.98. The van der Waals surface area contributed by atoms with Gasteiger partial charge in [0, 0.05) is 19.5 Å². The number of hydrogen-bond donors (Lipinski definition) is 2. The number of nitrogens with two attached hydrogens (primary N) is 1. The molecular formula is C8H14N2O3. The summed E-state index contributed by atoms with van der Waals surface area (Å²) >= 11 is 0. The van der Waals surface area contributed by atoms with Crippen LogP contribution in [0.5, 0.6) is 0 Å². The molecule has 5 heteroatoms. The molecular weight excluding hydrogens is 172 g/mol. The predicted octanol–water partition coefficient (Wildman–Crippen LogP) is -1.15. The van der Waals surface area contributed by atoms with E-state index in [2.05, 4.69) is 0 Å². The van der Waals surface area contributed by atoms with Crippen molar-refractivity contribution in [3.05, 3.63) is 0 Å². The molecule has 0 aromatic heterocycles. The summed E-state index contributed by atoms with van der Waals surface area (Å²) in [5, 5.41) is 9.12.